The van der Waals surface area contributed by atoms with E-state index in [4.69, 9.17) is 21.3 Å². The number of nitrogens with zero attached hydrogens (tertiary/aromatic N) is 4. The fraction of sp³-hybridized carbons (Fsp3) is 0.158. The Bertz CT molecular complexity index is 1030. The molecule has 1 unspecified atom stereocenters. The van der Waals surface area contributed by atoms with Crippen molar-refractivity contribution in [2.24, 2.45) is 4.99 Å². The molecule has 1 aliphatic rings. The summed E-state index contributed by atoms with van der Waals surface area (Å²) in [5.41, 5.74) is 3.13. The highest BCUT2D eigenvalue weighted by Gasteiger charge is 2.29. The maximum atomic E-state index is 11.6. The molecule has 0 N–H and O–H groups in total. The van der Waals surface area contributed by atoms with Crippen LogP contribution >= 0.6 is 11.6 Å². The minimum absolute atomic E-state index is 0.442. The van der Waals surface area contributed by atoms with E-state index in [1.54, 1.807) is 17.7 Å². The zero-order valence-corrected chi connectivity index (χ0v) is 14.9. The third-order valence-electron chi connectivity index (χ3n) is 3.97. The van der Waals surface area contributed by atoms with Crippen LogP contribution in [-0.2, 0) is 9.53 Å². The van der Waals surface area contributed by atoms with Crippen LogP contribution in [0.15, 0.2) is 53.5 Å². The Labute approximate surface area is 155 Å². The number of esters is 1. The van der Waals surface area contributed by atoms with Crippen LogP contribution in [0.25, 0.3) is 5.69 Å². The van der Waals surface area contributed by atoms with Gasteiger partial charge < -0.3 is 4.74 Å². The molecule has 6 nitrogen and oxygen atoms in total. The Morgan fingerprint density at radius 3 is 2.69 bits per heavy atom. The molecule has 0 saturated carbocycles. The SMILES string of the molecule is CC(=O)OC1N=C(c2ccccc2)c2cc(Cl)ccc2-n2nc(C)nc21. The predicted molar refractivity (Wildman–Crippen MR) is 97.7 cm³/mol. The van der Waals surface area contributed by atoms with Gasteiger partial charge in [0.1, 0.15) is 5.82 Å². The van der Waals surface area contributed by atoms with E-state index in [0.29, 0.717) is 22.4 Å². The summed E-state index contributed by atoms with van der Waals surface area (Å²) in [7, 11) is 0. The summed E-state index contributed by atoms with van der Waals surface area (Å²) in [5, 5.41) is 5.05. The van der Waals surface area contributed by atoms with Crippen molar-refractivity contribution in [2.75, 3.05) is 0 Å². The van der Waals surface area contributed by atoms with Crippen molar-refractivity contribution < 1.29 is 9.53 Å². The van der Waals surface area contributed by atoms with Crippen molar-refractivity contribution in [3.8, 4) is 5.69 Å². The van der Waals surface area contributed by atoms with Gasteiger partial charge in [-0.25, -0.2) is 14.7 Å². The van der Waals surface area contributed by atoms with E-state index in [1.165, 1.54) is 6.92 Å². The summed E-state index contributed by atoms with van der Waals surface area (Å²) in [6, 6.07) is 15.2. The lowest BCUT2D eigenvalue weighted by Gasteiger charge is -2.11. The summed E-state index contributed by atoms with van der Waals surface area (Å²) in [6.07, 6.45) is -0.893. The summed E-state index contributed by atoms with van der Waals surface area (Å²) >= 11 is 6.25. The minimum atomic E-state index is -0.893. The second-order valence-corrected chi connectivity index (χ2v) is 6.33. The highest BCUT2D eigenvalue weighted by Crippen LogP contribution is 2.31. The minimum Gasteiger partial charge on any atom is -0.432 e. The number of rotatable bonds is 2. The second kappa shape index (κ2) is 6.38. The zero-order valence-electron chi connectivity index (χ0n) is 14.2. The number of aryl methyl sites for hydroxylation is 1. The summed E-state index contributed by atoms with van der Waals surface area (Å²) in [4.78, 5) is 20.8. The first-order chi connectivity index (χ1) is 12.5. The molecule has 0 fully saturated rings. The van der Waals surface area contributed by atoms with Gasteiger partial charge in [-0.1, -0.05) is 41.9 Å². The molecule has 0 radical (unpaired) electrons. The number of aromatic nitrogens is 3. The molecule has 1 aromatic heterocycles. The molecular weight excluding hydrogens is 352 g/mol. The normalized spacial score (nSPS) is 15.5. The van der Waals surface area contributed by atoms with Crippen molar-refractivity contribution in [3.05, 3.63) is 76.3 Å². The predicted octanol–water partition coefficient (Wildman–Crippen LogP) is 3.64. The van der Waals surface area contributed by atoms with Crippen molar-refractivity contribution in [3.63, 3.8) is 0 Å². The number of aliphatic imine (C=N–C) groups is 1. The molecule has 0 bridgehead atoms. The maximum absolute atomic E-state index is 11.6. The van der Waals surface area contributed by atoms with Gasteiger partial charge >= 0.3 is 5.97 Å². The molecule has 2 heterocycles. The van der Waals surface area contributed by atoms with E-state index in [0.717, 1.165) is 16.8 Å². The average molecular weight is 367 g/mol. The van der Waals surface area contributed by atoms with Crippen LogP contribution in [0.5, 0.6) is 0 Å². The van der Waals surface area contributed by atoms with Crippen LogP contribution in [0.2, 0.25) is 5.02 Å². The third-order valence-corrected chi connectivity index (χ3v) is 4.21. The number of halogens is 1. The number of hydrogen-bond donors (Lipinski definition) is 0. The van der Waals surface area contributed by atoms with Crippen molar-refractivity contribution in [2.45, 2.75) is 20.1 Å². The van der Waals surface area contributed by atoms with E-state index in [9.17, 15) is 4.79 Å². The molecule has 7 heteroatoms. The number of carbonyl (C=O) groups is 1. The molecular formula is C19H15ClN4O2. The Hall–Kier alpha value is -2.99. The first-order valence-corrected chi connectivity index (χ1v) is 8.45. The van der Waals surface area contributed by atoms with Gasteiger partial charge in [-0.05, 0) is 25.1 Å². The second-order valence-electron chi connectivity index (χ2n) is 5.90. The van der Waals surface area contributed by atoms with Gasteiger partial charge in [0.05, 0.1) is 11.4 Å². The third kappa shape index (κ3) is 2.88. The molecule has 1 atom stereocenters. The van der Waals surface area contributed by atoms with Crippen LogP contribution in [0.1, 0.15) is 35.9 Å². The molecule has 2 aromatic carbocycles. The molecule has 0 amide bonds. The van der Waals surface area contributed by atoms with Crippen LogP contribution < -0.4 is 0 Å². The van der Waals surface area contributed by atoms with Gasteiger partial charge in [0.15, 0.2) is 5.82 Å². The monoisotopic (exact) mass is 366 g/mol. The Balaban J connectivity index is 2.02. The Morgan fingerprint density at radius 2 is 1.96 bits per heavy atom. The highest BCUT2D eigenvalue weighted by molar-refractivity contribution is 6.31. The van der Waals surface area contributed by atoms with Gasteiger partial charge in [-0.2, -0.15) is 5.10 Å². The Morgan fingerprint density at radius 1 is 1.19 bits per heavy atom. The van der Waals surface area contributed by atoms with E-state index in [1.807, 2.05) is 42.5 Å². The van der Waals surface area contributed by atoms with E-state index in [-0.39, 0.29) is 0 Å². The maximum Gasteiger partial charge on any atom is 0.304 e. The van der Waals surface area contributed by atoms with Gasteiger partial charge in [-0.3, -0.25) is 4.79 Å². The number of carbonyl (C=O) groups excluding carboxylic acids is 1. The van der Waals surface area contributed by atoms with Gasteiger partial charge in [0.2, 0.25) is 0 Å². The quantitative estimate of drug-likeness (QED) is 0.649. The lowest BCUT2D eigenvalue weighted by Crippen LogP contribution is -2.12. The number of benzene rings is 2. The number of fused-ring (bicyclic) bond motifs is 3. The molecule has 26 heavy (non-hydrogen) atoms. The van der Waals surface area contributed by atoms with E-state index < -0.39 is 12.2 Å². The van der Waals surface area contributed by atoms with Gasteiger partial charge in [0.25, 0.3) is 6.23 Å². The smallest absolute Gasteiger partial charge is 0.304 e. The average Bonchev–Trinajstić information content (AvgIpc) is 2.95. The standard InChI is InChI=1S/C19H15ClN4O2/c1-11-21-18-19(26-12(2)25)22-17(13-6-4-3-5-7-13)15-10-14(20)8-9-16(15)24(18)23-11/h3-10,19H,1-2H3. The van der Waals surface area contributed by atoms with E-state index >= 15 is 0 Å². The number of hydrogen-bond acceptors (Lipinski definition) is 5. The fourth-order valence-corrected chi connectivity index (χ4v) is 3.13. The van der Waals surface area contributed by atoms with Crippen LogP contribution in [0, 0.1) is 6.92 Å². The summed E-state index contributed by atoms with van der Waals surface area (Å²) in [5.74, 6) is 0.575. The topological polar surface area (TPSA) is 69.4 Å². The van der Waals surface area contributed by atoms with Crippen molar-refractivity contribution in [1.82, 2.24) is 14.8 Å². The summed E-state index contributed by atoms with van der Waals surface area (Å²) in [6.45, 7) is 3.13. The molecule has 0 aliphatic carbocycles. The molecule has 1 aliphatic heterocycles. The molecule has 0 saturated heterocycles. The van der Waals surface area contributed by atoms with E-state index in [2.05, 4.69) is 10.1 Å². The first kappa shape index (κ1) is 16.5. The molecule has 130 valence electrons. The molecule has 4 rings (SSSR count). The molecule has 3 aromatic rings. The van der Waals surface area contributed by atoms with Gasteiger partial charge in [0, 0.05) is 23.1 Å². The molecule has 0 spiro atoms. The van der Waals surface area contributed by atoms with Crippen molar-refractivity contribution >= 4 is 23.3 Å². The van der Waals surface area contributed by atoms with Crippen LogP contribution in [0.4, 0.5) is 0 Å². The Kier molecular flexibility index (Phi) is 4.05. The van der Waals surface area contributed by atoms with Crippen LogP contribution in [-0.4, -0.2) is 26.4 Å². The zero-order chi connectivity index (χ0) is 18.3. The lowest BCUT2D eigenvalue weighted by atomic mass is 10.0. The van der Waals surface area contributed by atoms with Crippen LogP contribution in [0.3, 0.4) is 0 Å². The lowest BCUT2D eigenvalue weighted by molar-refractivity contribution is -0.146. The van der Waals surface area contributed by atoms with Gasteiger partial charge in [-0.15, -0.1) is 0 Å². The highest BCUT2D eigenvalue weighted by atomic mass is 35.5. The fourth-order valence-electron chi connectivity index (χ4n) is 2.96. The first-order valence-electron chi connectivity index (χ1n) is 8.07. The summed E-state index contributed by atoms with van der Waals surface area (Å²) < 4.78 is 7.10. The van der Waals surface area contributed by atoms with Crippen molar-refractivity contribution in [1.29, 1.82) is 0 Å². The largest absolute Gasteiger partial charge is 0.432 e. The number of ether oxygens (including phenoxy) is 1.